The Kier molecular flexibility index (Phi) is 7.25. The topological polar surface area (TPSA) is 15.3 Å². The van der Waals surface area contributed by atoms with Gasteiger partial charge in [0.25, 0.3) is 0 Å². The van der Waals surface area contributed by atoms with Crippen molar-refractivity contribution in [1.29, 1.82) is 0 Å². The Morgan fingerprint density at radius 2 is 1.67 bits per heavy atom. The fraction of sp³-hybridized carbons (Fsp3) is 1.00. The minimum absolute atomic E-state index is 0.591. The summed E-state index contributed by atoms with van der Waals surface area (Å²) in [6, 6.07) is 0. The van der Waals surface area contributed by atoms with Gasteiger partial charge in [-0.2, -0.15) is 0 Å². The molecule has 0 unspecified atom stereocenters. The van der Waals surface area contributed by atoms with Gasteiger partial charge in [0.15, 0.2) is 0 Å². The number of piperidine rings is 1. The van der Waals surface area contributed by atoms with E-state index in [1.54, 1.807) is 0 Å². The first-order valence-electron chi connectivity index (χ1n) is 8.12. The first kappa shape index (κ1) is 16.0. The lowest BCUT2D eigenvalue weighted by Gasteiger charge is -2.41. The lowest BCUT2D eigenvalue weighted by molar-refractivity contribution is 0.0973. The average Bonchev–Trinajstić information content (AvgIpc) is 2.44. The second-order valence-corrected chi connectivity index (χ2v) is 6.11. The molecule has 1 aliphatic heterocycles. The van der Waals surface area contributed by atoms with Crippen LogP contribution < -0.4 is 5.32 Å². The highest BCUT2D eigenvalue weighted by Gasteiger charge is 2.32. The average molecular weight is 254 g/mol. The van der Waals surface area contributed by atoms with Gasteiger partial charge in [-0.25, -0.2) is 0 Å². The minimum Gasteiger partial charge on any atom is -0.317 e. The molecule has 108 valence electrons. The molecule has 0 atom stereocenters. The zero-order valence-corrected chi connectivity index (χ0v) is 13.1. The molecule has 0 radical (unpaired) electrons. The zero-order valence-electron chi connectivity index (χ0n) is 13.1. The molecule has 0 aromatic rings. The van der Waals surface area contributed by atoms with Crippen molar-refractivity contribution in [2.24, 2.45) is 11.3 Å². The lowest BCUT2D eigenvalue weighted by Crippen LogP contribution is -2.45. The van der Waals surface area contributed by atoms with E-state index in [-0.39, 0.29) is 0 Å². The smallest absolute Gasteiger partial charge is 0.00388 e. The van der Waals surface area contributed by atoms with Crippen LogP contribution in [0.2, 0.25) is 0 Å². The highest BCUT2D eigenvalue weighted by molar-refractivity contribution is 4.86. The highest BCUT2D eigenvalue weighted by Crippen LogP contribution is 2.33. The van der Waals surface area contributed by atoms with Crippen molar-refractivity contribution in [2.45, 2.75) is 59.8 Å². The normalized spacial score (nSPS) is 19.7. The molecule has 1 aliphatic rings. The Morgan fingerprint density at radius 3 is 2.11 bits per heavy atom. The molecule has 0 amide bonds. The van der Waals surface area contributed by atoms with Gasteiger partial charge < -0.3 is 10.2 Å². The minimum atomic E-state index is 0.591. The Balaban J connectivity index is 2.53. The molecule has 0 aromatic heterocycles. The van der Waals surface area contributed by atoms with Crippen LogP contribution in [0.4, 0.5) is 0 Å². The lowest BCUT2D eigenvalue weighted by atomic mass is 9.76. The first-order valence-corrected chi connectivity index (χ1v) is 8.12. The van der Waals surface area contributed by atoms with Crippen LogP contribution in [0.1, 0.15) is 59.8 Å². The fourth-order valence-electron chi connectivity index (χ4n) is 3.27. The van der Waals surface area contributed by atoms with Gasteiger partial charge >= 0.3 is 0 Å². The van der Waals surface area contributed by atoms with Gasteiger partial charge in [0.2, 0.25) is 0 Å². The van der Waals surface area contributed by atoms with Crippen molar-refractivity contribution in [3.05, 3.63) is 0 Å². The van der Waals surface area contributed by atoms with Crippen molar-refractivity contribution in [3.63, 3.8) is 0 Å². The van der Waals surface area contributed by atoms with Gasteiger partial charge in [0, 0.05) is 13.1 Å². The summed E-state index contributed by atoms with van der Waals surface area (Å²) in [6.07, 6.45) is 6.72. The number of hydrogen-bond donors (Lipinski definition) is 1. The van der Waals surface area contributed by atoms with E-state index in [9.17, 15) is 0 Å². The van der Waals surface area contributed by atoms with E-state index >= 15 is 0 Å². The Labute approximate surface area is 115 Å². The maximum atomic E-state index is 3.51. The fourth-order valence-corrected chi connectivity index (χ4v) is 3.27. The molecule has 0 spiro atoms. The molecule has 1 heterocycles. The van der Waals surface area contributed by atoms with Crippen LogP contribution in [0, 0.1) is 11.3 Å². The summed E-state index contributed by atoms with van der Waals surface area (Å²) >= 11 is 0. The van der Waals surface area contributed by atoms with E-state index in [2.05, 4.69) is 37.9 Å². The van der Waals surface area contributed by atoms with E-state index in [0.29, 0.717) is 5.41 Å². The van der Waals surface area contributed by atoms with E-state index in [0.717, 1.165) is 5.92 Å². The van der Waals surface area contributed by atoms with Crippen LogP contribution in [0.5, 0.6) is 0 Å². The third-order valence-electron chi connectivity index (χ3n) is 5.09. The largest absolute Gasteiger partial charge is 0.317 e. The van der Waals surface area contributed by atoms with Crippen LogP contribution in [0.3, 0.4) is 0 Å². The van der Waals surface area contributed by atoms with Gasteiger partial charge in [-0.1, -0.05) is 40.5 Å². The third kappa shape index (κ3) is 4.55. The van der Waals surface area contributed by atoms with Gasteiger partial charge in [0.1, 0.15) is 0 Å². The Bertz CT molecular complexity index is 205. The summed E-state index contributed by atoms with van der Waals surface area (Å²) in [5, 5.41) is 3.51. The van der Waals surface area contributed by atoms with E-state index in [1.165, 1.54) is 64.8 Å². The molecule has 18 heavy (non-hydrogen) atoms. The van der Waals surface area contributed by atoms with Crippen molar-refractivity contribution >= 4 is 0 Å². The molecule has 1 N–H and O–H groups in total. The molecule has 0 bridgehead atoms. The molecule has 1 fully saturated rings. The number of nitrogens with one attached hydrogen (secondary N) is 1. The molecule has 0 aromatic carbocycles. The van der Waals surface area contributed by atoms with Crippen LogP contribution in [0.15, 0.2) is 0 Å². The standard InChI is InChI=1S/C16H34N2/c1-5-15(6-2)13-18(8-4)14-16(7-3)9-11-17-12-10-16/h15,17H,5-14H2,1-4H3. The predicted octanol–water partition coefficient (Wildman–Crippen LogP) is 3.52. The first-order chi connectivity index (χ1) is 8.69. The van der Waals surface area contributed by atoms with Gasteiger partial charge in [-0.15, -0.1) is 0 Å². The van der Waals surface area contributed by atoms with Gasteiger partial charge in [-0.05, 0) is 50.2 Å². The van der Waals surface area contributed by atoms with Crippen LogP contribution in [0.25, 0.3) is 0 Å². The Morgan fingerprint density at radius 1 is 1.06 bits per heavy atom. The molecule has 1 rings (SSSR count). The van der Waals surface area contributed by atoms with E-state index in [1.807, 2.05) is 0 Å². The molecular formula is C16H34N2. The molecule has 2 heteroatoms. The summed E-state index contributed by atoms with van der Waals surface area (Å²) in [5.41, 5.74) is 0.591. The van der Waals surface area contributed by atoms with Crippen LogP contribution >= 0.6 is 0 Å². The second kappa shape index (κ2) is 8.16. The predicted molar refractivity (Wildman–Crippen MR) is 81.0 cm³/mol. The van der Waals surface area contributed by atoms with E-state index < -0.39 is 0 Å². The van der Waals surface area contributed by atoms with Gasteiger partial charge in [-0.3, -0.25) is 0 Å². The quantitative estimate of drug-likeness (QED) is 0.713. The van der Waals surface area contributed by atoms with Gasteiger partial charge in [0.05, 0.1) is 0 Å². The summed E-state index contributed by atoms with van der Waals surface area (Å²) in [5.74, 6) is 0.889. The Hall–Kier alpha value is -0.0800. The van der Waals surface area contributed by atoms with Crippen LogP contribution in [-0.4, -0.2) is 37.6 Å². The molecule has 2 nitrogen and oxygen atoms in total. The third-order valence-corrected chi connectivity index (χ3v) is 5.09. The highest BCUT2D eigenvalue weighted by atomic mass is 15.1. The number of rotatable bonds is 8. The number of hydrogen-bond acceptors (Lipinski definition) is 2. The van der Waals surface area contributed by atoms with Crippen LogP contribution in [-0.2, 0) is 0 Å². The SMILES string of the molecule is CCC(CC)CN(CC)CC1(CC)CCNCC1. The zero-order chi connectivity index (χ0) is 13.4. The second-order valence-electron chi connectivity index (χ2n) is 6.11. The summed E-state index contributed by atoms with van der Waals surface area (Å²) in [6.45, 7) is 15.7. The maximum absolute atomic E-state index is 3.51. The summed E-state index contributed by atoms with van der Waals surface area (Å²) < 4.78 is 0. The van der Waals surface area contributed by atoms with Crippen molar-refractivity contribution in [3.8, 4) is 0 Å². The van der Waals surface area contributed by atoms with Crippen molar-refractivity contribution in [2.75, 3.05) is 32.7 Å². The van der Waals surface area contributed by atoms with Crippen molar-refractivity contribution < 1.29 is 0 Å². The van der Waals surface area contributed by atoms with Crippen molar-refractivity contribution in [1.82, 2.24) is 10.2 Å². The number of nitrogens with zero attached hydrogens (tertiary/aromatic N) is 1. The molecule has 1 saturated heterocycles. The maximum Gasteiger partial charge on any atom is 0.00388 e. The summed E-state index contributed by atoms with van der Waals surface area (Å²) in [4.78, 5) is 2.71. The molecule has 0 saturated carbocycles. The molecular weight excluding hydrogens is 220 g/mol. The molecule has 0 aliphatic carbocycles. The van der Waals surface area contributed by atoms with E-state index in [4.69, 9.17) is 0 Å². The summed E-state index contributed by atoms with van der Waals surface area (Å²) in [7, 11) is 0. The monoisotopic (exact) mass is 254 g/mol.